The van der Waals surface area contributed by atoms with E-state index in [1.54, 1.807) is 12.3 Å². The summed E-state index contributed by atoms with van der Waals surface area (Å²) < 4.78 is 3.16. The molecule has 2 heteroatoms. The SMILES string of the molecule is CCCCc1ccc([I+]c2ccccc2[Si](C)(C)C)cc1. The predicted molar refractivity (Wildman–Crippen MR) is 91.9 cm³/mol. The van der Waals surface area contributed by atoms with Crippen molar-refractivity contribution in [2.24, 2.45) is 0 Å². The van der Waals surface area contributed by atoms with E-state index in [0.29, 0.717) is 0 Å². The maximum absolute atomic E-state index is 2.45. The molecule has 0 saturated carbocycles. The zero-order valence-electron chi connectivity index (χ0n) is 13.6. The van der Waals surface area contributed by atoms with Crippen LogP contribution in [0.4, 0.5) is 0 Å². The zero-order valence-corrected chi connectivity index (χ0v) is 16.8. The number of benzene rings is 2. The van der Waals surface area contributed by atoms with Gasteiger partial charge >= 0.3 is 21.2 Å². The summed E-state index contributed by atoms with van der Waals surface area (Å²) in [6, 6.07) is 18.5. The van der Waals surface area contributed by atoms with Gasteiger partial charge in [-0.05, 0) is 41.8 Å². The second-order valence-electron chi connectivity index (χ2n) is 6.55. The molecule has 0 aliphatic rings. The Kier molecular flexibility index (Phi) is 6.05. The van der Waals surface area contributed by atoms with Crippen LogP contribution in [0.2, 0.25) is 19.6 Å². The average molecular weight is 409 g/mol. The first-order chi connectivity index (χ1) is 10.0. The molecular formula is C19H26ISi+. The highest BCUT2D eigenvalue weighted by atomic mass is 127. The smallest absolute Gasteiger partial charge is 0.0655 e. The molecule has 0 atom stereocenters. The molecule has 0 heterocycles. The quantitative estimate of drug-likeness (QED) is 0.504. The minimum Gasteiger partial charge on any atom is -0.0655 e. The molecule has 2 aromatic carbocycles. The summed E-state index contributed by atoms with van der Waals surface area (Å²) in [7, 11) is -1.23. The van der Waals surface area contributed by atoms with Gasteiger partial charge in [0, 0.05) is 0 Å². The van der Waals surface area contributed by atoms with E-state index in [4.69, 9.17) is 0 Å². The Morgan fingerprint density at radius 2 is 1.57 bits per heavy atom. The monoisotopic (exact) mass is 409 g/mol. The number of hydrogen-bond donors (Lipinski definition) is 0. The number of rotatable bonds is 6. The highest BCUT2D eigenvalue weighted by Crippen LogP contribution is 2.04. The molecule has 2 rings (SSSR count). The van der Waals surface area contributed by atoms with Crippen LogP contribution in [0.3, 0.4) is 0 Å². The maximum atomic E-state index is 2.45. The van der Waals surface area contributed by atoms with E-state index in [9.17, 15) is 0 Å². The molecule has 0 spiro atoms. The Morgan fingerprint density at radius 3 is 2.19 bits per heavy atom. The van der Waals surface area contributed by atoms with E-state index in [1.165, 1.54) is 24.8 Å². The van der Waals surface area contributed by atoms with Crippen molar-refractivity contribution in [2.75, 3.05) is 0 Å². The van der Waals surface area contributed by atoms with Crippen LogP contribution in [-0.4, -0.2) is 8.07 Å². The number of hydrogen-bond acceptors (Lipinski definition) is 0. The molecule has 0 nitrogen and oxygen atoms in total. The lowest BCUT2D eigenvalue weighted by atomic mass is 10.1. The van der Waals surface area contributed by atoms with Crippen LogP contribution in [-0.2, 0) is 6.42 Å². The molecule has 0 aliphatic heterocycles. The van der Waals surface area contributed by atoms with Gasteiger partial charge in [0.25, 0.3) is 0 Å². The van der Waals surface area contributed by atoms with E-state index in [-0.39, 0.29) is 21.2 Å². The summed E-state index contributed by atoms with van der Waals surface area (Å²) >= 11 is -0.0506. The lowest BCUT2D eigenvalue weighted by Gasteiger charge is -2.15. The summed E-state index contributed by atoms with van der Waals surface area (Å²) in [5.41, 5.74) is 1.49. The fourth-order valence-corrected chi connectivity index (χ4v) is 8.75. The van der Waals surface area contributed by atoms with E-state index in [0.717, 1.165) is 0 Å². The van der Waals surface area contributed by atoms with Crippen molar-refractivity contribution in [1.29, 1.82) is 0 Å². The van der Waals surface area contributed by atoms with Gasteiger partial charge in [-0.1, -0.05) is 63.3 Å². The Bertz CT molecular complexity index is 567. The molecule has 2 aromatic rings. The molecule has 0 unspecified atom stereocenters. The minimum atomic E-state index is -1.23. The minimum absolute atomic E-state index is 0.0506. The maximum Gasteiger partial charge on any atom is 0.357 e. The van der Waals surface area contributed by atoms with Crippen molar-refractivity contribution in [2.45, 2.75) is 45.8 Å². The number of aryl methyl sites for hydroxylation is 1. The predicted octanol–water partition coefficient (Wildman–Crippen LogP) is 1.70. The molecule has 112 valence electrons. The molecule has 0 fully saturated rings. The second-order valence-corrected chi connectivity index (χ2v) is 14.5. The molecule has 0 saturated heterocycles. The summed E-state index contributed by atoms with van der Waals surface area (Å²) in [6.45, 7) is 9.60. The van der Waals surface area contributed by atoms with Crippen molar-refractivity contribution in [3.8, 4) is 0 Å². The van der Waals surface area contributed by atoms with Crippen LogP contribution < -0.4 is 26.4 Å². The first-order valence-corrected chi connectivity index (χ1v) is 13.5. The van der Waals surface area contributed by atoms with E-state index in [1.807, 2.05) is 0 Å². The third-order valence-electron chi connectivity index (χ3n) is 3.63. The Hall–Kier alpha value is -0.613. The highest BCUT2D eigenvalue weighted by Gasteiger charge is 2.27. The van der Waals surface area contributed by atoms with Crippen molar-refractivity contribution in [3.63, 3.8) is 0 Å². The van der Waals surface area contributed by atoms with Gasteiger partial charge in [0.05, 0.1) is 8.07 Å². The Morgan fingerprint density at radius 1 is 0.905 bits per heavy atom. The van der Waals surface area contributed by atoms with E-state index < -0.39 is 8.07 Å². The average Bonchev–Trinajstić information content (AvgIpc) is 2.46. The van der Waals surface area contributed by atoms with Crippen molar-refractivity contribution in [1.82, 2.24) is 0 Å². The highest BCUT2D eigenvalue weighted by molar-refractivity contribution is 6.88. The van der Waals surface area contributed by atoms with Crippen LogP contribution >= 0.6 is 0 Å². The van der Waals surface area contributed by atoms with Gasteiger partial charge in [-0.2, -0.15) is 0 Å². The first kappa shape index (κ1) is 16.8. The molecule has 0 bridgehead atoms. The van der Waals surface area contributed by atoms with Gasteiger partial charge in [-0.25, -0.2) is 0 Å². The Balaban J connectivity index is 2.15. The van der Waals surface area contributed by atoms with Crippen molar-refractivity contribution >= 4 is 13.3 Å². The van der Waals surface area contributed by atoms with Crippen LogP contribution in [0.15, 0.2) is 48.5 Å². The second kappa shape index (κ2) is 7.59. The molecule has 0 N–H and O–H groups in total. The van der Waals surface area contributed by atoms with E-state index in [2.05, 4.69) is 75.1 Å². The van der Waals surface area contributed by atoms with Crippen LogP contribution in [0.5, 0.6) is 0 Å². The molecular weight excluding hydrogens is 383 g/mol. The molecule has 0 amide bonds. The van der Waals surface area contributed by atoms with Crippen molar-refractivity contribution < 1.29 is 21.2 Å². The first-order valence-electron chi connectivity index (χ1n) is 7.84. The molecule has 0 aliphatic carbocycles. The van der Waals surface area contributed by atoms with Crippen LogP contribution in [0.25, 0.3) is 0 Å². The normalized spacial score (nSPS) is 11.6. The number of unbranched alkanes of at least 4 members (excludes halogenated alkanes) is 1. The van der Waals surface area contributed by atoms with Gasteiger partial charge in [-0.3, -0.25) is 0 Å². The molecule has 0 aromatic heterocycles. The number of halogens is 1. The lowest BCUT2D eigenvalue weighted by molar-refractivity contribution is -0.596. The fraction of sp³-hybridized carbons (Fsp3) is 0.368. The zero-order chi connectivity index (χ0) is 15.3. The van der Waals surface area contributed by atoms with Gasteiger partial charge in [0.2, 0.25) is 0 Å². The third kappa shape index (κ3) is 4.96. The summed E-state index contributed by atoms with van der Waals surface area (Å²) in [6.07, 6.45) is 3.80. The third-order valence-corrected chi connectivity index (χ3v) is 9.05. The molecule has 21 heavy (non-hydrogen) atoms. The fourth-order valence-electron chi connectivity index (χ4n) is 2.36. The van der Waals surface area contributed by atoms with E-state index >= 15 is 0 Å². The van der Waals surface area contributed by atoms with Gasteiger partial charge in [0.15, 0.2) is 7.14 Å². The summed E-state index contributed by atoms with van der Waals surface area (Å²) in [4.78, 5) is 0. The van der Waals surface area contributed by atoms with Gasteiger partial charge in [-0.15, -0.1) is 0 Å². The summed E-state index contributed by atoms with van der Waals surface area (Å²) in [5, 5.41) is 1.65. The standard InChI is InChI=1S/C19H26ISi/c1-5-6-9-16-12-14-17(15-13-16)20-18-10-7-8-11-19(18)21(2,3)4/h7-8,10-15H,5-6,9H2,1-4H3/q+1. The van der Waals surface area contributed by atoms with Crippen LogP contribution in [0.1, 0.15) is 25.3 Å². The largest absolute Gasteiger partial charge is 0.357 e. The lowest BCUT2D eigenvalue weighted by Crippen LogP contribution is -3.62. The summed E-state index contributed by atoms with van der Waals surface area (Å²) in [5.74, 6) is 0. The van der Waals surface area contributed by atoms with Crippen molar-refractivity contribution in [3.05, 3.63) is 61.2 Å². The van der Waals surface area contributed by atoms with Crippen LogP contribution in [0, 0.1) is 7.14 Å². The molecule has 0 radical (unpaired) electrons. The topological polar surface area (TPSA) is 0 Å². The Labute approximate surface area is 141 Å². The van der Waals surface area contributed by atoms with Gasteiger partial charge < -0.3 is 0 Å². The van der Waals surface area contributed by atoms with Gasteiger partial charge in [0.1, 0.15) is 0 Å².